The first-order chi connectivity index (χ1) is 15.5. The topological polar surface area (TPSA) is 90.3 Å². The van der Waals surface area contributed by atoms with Crippen LogP contribution in [-0.4, -0.2) is 59.8 Å². The van der Waals surface area contributed by atoms with Gasteiger partial charge in [-0.3, -0.25) is 4.79 Å². The number of anilines is 1. The Hall–Kier alpha value is -2.57. The number of thiophene rings is 1. The first kappa shape index (κ1) is 25.1. The first-order valence-electron chi connectivity index (χ1n) is 10.5. The van der Waals surface area contributed by atoms with Crippen molar-refractivity contribution in [3.63, 3.8) is 0 Å². The molecule has 1 amide bonds. The smallest absolute Gasteiger partial charge is 0.348 e. The molecule has 0 spiro atoms. The molecule has 176 valence electrons. The van der Waals surface area contributed by atoms with Crippen molar-refractivity contribution in [2.45, 2.75) is 27.0 Å². The number of carbonyl (C=O) groups is 2. The maximum atomic E-state index is 13.0. The second kappa shape index (κ2) is 10.6. The van der Waals surface area contributed by atoms with Gasteiger partial charge in [0, 0.05) is 29.1 Å². The Morgan fingerprint density at radius 3 is 2.45 bits per heavy atom. The van der Waals surface area contributed by atoms with E-state index in [4.69, 9.17) is 16.3 Å². The van der Waals surface area contributed by atoms with Gasteiger partial charge in [-0.25, -0.2) is 4.79 Å². The van der Waals surface area contributed by atoms with E-state index in [2.05, 4.69) is 11.8 Å². The number of aliphatic hydroxyl groups is 1. The number of nitrogens with zero attached hydrogens (tertiary/aromatic N) is 2. The van der Waals surface area contributed by atoms with Gasteiger partial charge in [0.25, 0.3) is 0 Å². The predicted octanol–water partition coefficient (Wildman–Crippen LogP) is 3.85. The number of ether oxygens (including phenoxy) is 1. The number of morpholine rings is 1. The molecule has 1 aromatic heterocycles. The third-order valence-electron chi connectivity index (χ3n) is 4.91. The van der Waals surface area contributed by atoms with E-state index in [9.17, 15) is 19.8 Å². The predicted molar refractivity (Wildman–Crippen MR) is 129 cm³/mol. The molecule has 1 fully saturated rings. The molecule has 2 N–H and O–H groups in total. The average Bonchev–Trinajstić information content (AvgIpc) is 3.20. The number of hydrogen-bond donors (Lipinski definition) is 2. The molecular formula is C24H27ClN2O5S. The number of aromatic carboxylic acids is 1. The van der Waals surface area contributed by atoms with Crippen molar-refractivity contribution < 1.29 is 24.5 Å². The van der Waals surface area contributed by atoms with E-state index in [0.717, 1.165) is 11.3 Å². The van der Waals surface area contributed by atoms with Crippen molar-refractivity contribution in [3.8, 4) is 11.8 Å². The van der Waals surface area contributed by atoms with E-state index in [-0.39, 0.29) is 28.4 Å². The van der Waals surface area contributed by atoms with Gasteiger partial charge in [0.15, 0.2) is 6.23 Å². The average molecular weight is 491 g/mol. The number of amides is 1. The molecule has 2 aromatic rings. The van der Waals surface area contributed by atoms with Crippen LogP contribution in [0.5, 0.6) is 0 Å². The zero-order valence-corrected chi connectivity index (χ0v) is 20.4. The van der Waals surface area contributed by atoms with Gasteiger partial charge >= 0.3 is 5.97 Å². The molecule has 2 heterocycles. The second-order valence-corrected chi connectivity index (χ2v) is 10.2. The van der Waals surface area contributed by atoms with Crippen molar-refractivity contribution in [3.05, 3.63) is 50.7 Å². The zero-order valence-electron chi connectivity index (χ0n) is 18.8. The molecule has 3 rings (SSSR count). The fourth-order valence-corrected chi connectivity index (χ4v) is 4.22. The summed E-state index contributed by atoms with van der Waals surface area (Å²) in [5, 5.41) is 21.6. The van der Waals surface area contributed by atoms with Crippen LogP contribution in [0.3, 0.4) is 0 Å². The van der Waals surface area contributed by atoms with Gasteiger partial charge in [-0.1, -0.05) is 35.6 Å². The van der Waals surface area contributed by atoms with Gasteiger partial charge in [0.2, 0.25) is 5.91 Å². The lowest BCUT2D eigenvalue weighted by Gasteiger charge is -2.33. The molecule has 0 bridgehead atoms. The van der Waals surface area contributed by atoms with Crippen molar-refractivity contribution in [1.82, 2.24) is 4.90 Å². The molecular weight excluding hydrogens is 464 g/mol. The molecule has 1 aromatic carbocycles. The van der Waals surface area contributed by atoms with Gasteiger partial charge < -0.3 is 24.7 Å². The minimum Gasteiger partial charge on any atom is -0.477 e. The standard InChI is InChI=1S/C24H27ClN2O5S/c1-24(2,3)9-8-18-14-19(21(33-18)23(30)31)27(15-20(28)26-10-12-32-13-11-26)22(29)16-4-6-17(25)7-5-16/h4-7,14,22,29H,10-13,15H2,1-3H3,(H,30,31). The molecule has 0 aliphatic carbocycles. The Kier molecular flexibility index (Phi) is 8.03. The number of hydrogen-bond acceptors (Lipinski definition) is 6. The number of carboxylic acids is 1. The minimum absolute atomic E-state index is 0.0102. The summed E-state index contributed by atoms with van der Waals surface area (Å²) in [5.74, 6) is 4.75. The highest BCUT2D eigenvalue weighted by molar-refractivity contribution is 7.15. The molecule has 7 nitrogen and oxygen atoms in total. The van der Waals surface area contributed by atoms with Gasteiger partial charge in [-0.2, -0.15) is 0 Å². The molecule has 1 saturated heterocycles. The van der Waals surface area contributed by atoms with Crippen molar-refractivity contribution in [2.75, 3.05) is 37.7 Å². The lowest BCUT2D eigenvalue weighted by molar-refractivity contribution is -0.134. The third kappa shape index (κ3) is 6.71. The Balaban J connectivity index is 2.02. The van der Waals surface area contributed by atoms with Crippen LogP contribution in [0, 0.1) is 17.3 Å². The molecule has 9 heteroatoms. The Labute approximate surface area is 202 Å². The van der Waals surface area contributed by atoms with Crippen LogP contribution in [0.15, 0.2) is 30.3 Å². The Morgan fingerprint density at radius 2 is 1.88 bits per heavy atom. The summed E-state index contributed by atoms with van der Waals surface area (Å²) in [4.78, 5) is 28.7. The monoisotopic (exact) mass is 490 g/mol. The molecule has 1 aliphatic rings. The van der Waals surface area contributed by atoms with Crippen LogP contribution < -0.4 is 4.90 Å². The lowest BCUT2D eigenvalue weighted by Crippen LogP contribution is -2.46. The fourth-order valence-electron chi connectivity index (χ4n) is 3.24. The number of carboxylic acid groups (broad SMARTS) is 1. The maximum Gasteiger partial charge on any atom is 0.348 e. The van der Waals surface area contributed by atoms with Crippen LogP contribution in [0.4, 0.5) is 5.69 Å². The minimum atomic E-state index is -1.26. The van der Waals surface area contributed by atoms with E-state index >= 15 is 0 Å². The number of benzene rings is 1. The summed E-state index contributed by atoms with van der Waals surface area (Å²) in [6.07, 6.45) is -1.26. The van der Waals surface area contributed by atoms with Crippen molar-refractivity contribution in [1.29, 1.82) is 0 Å². The highest BCUT2D eigenvalue weighted by Gasteiger charge is 2.29. The van der Waals surface area contributed by atoms with Crippen molar-refractivity contribution in [2.24, 2.45) is 5.41 Å². The highest BCUT2D eigenvalue weighted by atomic mass is 35.5. The maximum absolute atomic E-state index is 13.0. The molecule has 1 atom stereocenters. The Bertz CT molecular complexity index is 1060. The zero-order chi connectivity index (χ0) is 24.2. The van der Waals surface area contributed by atoms with Crippen LogP contribution in [0.2, 0.25) is 5.02 Å². The second-order valence-electron chi connectivity index (χ2n) is 8.68. The summed E-state index contributed by atoms with van der Waals surface area (Å²) in [6.45, 7) is 7.46. The SMILES string of the molecule is CC(C)(C)C#Cc1cc(N(CC(=O)N2CCOCC2)C(O)c2ccc(Cl)cc2)c(C(=O)O)s1. The quantitative estimate of drug-likeness (QED) is 0.472. The molecule has 0 saturated carbocycles. The number of carbonyl (C=O) groups excluding carboxylic acids is 1. The van der Waals surface area contributed by atoms with E-state index < -0.39 is 12.2 Å². The van der Waals surface area contributed by atoms with E-state index in [1.165, 1.54) is 4.90 Å². The van der Waals surface area contributed by atoms with E-state index in [0.29, 0.717) is 41.8 Å². The molecule has 0 radical (unpaired) electrons. The lowest BCUT2D eigenvalue weighted by atomic mass is 9.98. The fraction of sp³-hybridized carbons (Fsp3) is 0.417. The largest absolute Gasteiger partial charge is 0.477 e. The summed E-state index contributed by atoms with van der Waals surface area (Å²) >= 11 is 7.00. The number of halogens is 1. The van der Waals surface area contributed by atoms with Gasteiger partial charge in [-0.15, -0.1) is 11.3 Å². The summed E-state index contributed by atoms with van der Waals surface area (Å²) < 4.78 is 5.32. The normalized spacial score (nSPS) is 14.9. The molecule has 1 unspecified atom stereocenters. The van der Waals surface area contributed by atoms with Crippen LogP contribution in [-0.2, 0) is 9.53 Å². The summed E-state index contributed by atoms with van der Waals surface area (Å²) in [5.41, 5.74) is 0.469. The van der Waals surface area contributed by atoms with E-state index in [1.807, 2.05) is 20.8 Å². The molecule has 1 aliphatic heterocycles. The number of rotatable bonds is 6. The van der Waals surface area contributed by atoms with Crippen LogP contribution >= 0.6 is 22.9 Å². The van der Waals surface area contributed by atoms with Crippen LogP contribution in [0.25, 0.3) is 0 Å². The summed E-state index contributed by atoms with van der Waals surface area (Å²) in [7, 11) is 0. The summed E-state index contributed by atoms with van der Waals surface area (Å²) in [6, 6.07) is 8.18. The number of aliphatic hydroxyl groups excluding tert-OH is 1. The highest BCUT2D eigenvalue weighted by Crippen LogP contribution is 2.35. The Morgan fingerprint density at radius 1 is 1.24 bits per heavy atom. The van der Waals surface area contributed by atoms with Crippen molar-refractivity contribution >= 4 is 40.5 Å². The van der Waals surface area contributed by atoms with Gasteiger partial charge in [0.05, 0.1) is 30.3 Å². The van der Waals surface area contributed by atoms with Crippen LogP contribution in [0.1, 0.15) is 47.1 Å². The van der Waals surface area contributed by atoms with E-state index in [1.54, 1.807) is 35.2 Å². The third-order valence-corrected chi connectivity index (χ3v) is 6.19. The van der Waals surface area contributed by atoms with Gasteiger partial charge in [0.1, 0.15) is 4.88 Å². The van der Waals surface area contributed by atoms with Gasteiger partial charge in [-0.05, 0) is 39.0 Å². The first-order valence-corrected chi connectivity index (χ1v) is 11.7. The molecule has 33 heavy (non-hydrogen) atoms.